The molecule has 0 N–H and O–H groups in total. The van der Waals surface area contributed by atoms with E-state index < -0.39 is 8.07 Å². The van der Waals surface area contributed by atoms with Crippen LogP contribution in [0.15, 0.2) is 18.2 Å². The van der Waals surface area contributed by atoms with Gasteiger partial charge in [0.05, 0.1) is 0 Å². The van der Waals surface area contributed by atoms with Crippen molar-refractivity contribution in [3.63, 3.8) is 0 Å². The molecule has 2 rings (SSSR count). The van der Waals surface area contributed by atoms with Crippen LogP contribution in [0.25, 0.3) is 0 Å². The maximum Gasteiger partial charge on any atom is 0.163 e. The van der Waals surface area contributed by atoms with Crippen LogP contribution in [0.5, 0.6) is 0 Å². The molecule has 1 aromatic rings. The molecule has 0 radical (unpaired) electrons. The number of fused-ring (bicyclic) bond motifs is 1. The number of hydrogen-bond acceptors (Lipinski definition) is 1. The second-order valence-electron chi connectivity index (χ2n) is 5.65. The van der Waals surface area contributed by atoms with E-state index >= 15 is 0 Å². The van der Waals surface area contributed by atoms with Crippen molar-refractivity contribution in [2.24, 2.45) is 0 Å². The fourth-order valence-electron chi connectivity index (χ4n) is 1.97. The smallest absolute Gasteiger partial charge is 0.163 e. The van der Waals surface area contributed by atoms with Gasteiger partial charge in [0, 0.05) is 17.5 Å². The minimum Gasteiger partial charge on any atom is -0.294 e. The van der Waals surface area contributed by atoms with Crippen LogP contribution in [0.1, 0.15) is 34.3 Å². The summed E-state index contributed by atoms with van der Waals surface area (Å²) in [5.74, 6) is 3.50. The molecular formula is C15H18OSi. The van der Waals surface area contributed by atoms with Crippen molar-refractivity contribution in [2.75, 3.05) is 0 Å². The van der Waals surface area contributed by atoms with E-state index in [0.717, 1.165) is 24.0 Å². The van der Waals surface area contributed by atoms with Gasteiger partial charge in [0.1, 0.15) is 8.07 Å². The lowest BCUT2D eigenvalue weighted by atomic mass is 9.89. The lowest BCUT2D eigenvalue weighted by Crippen LogP contribution is -2.16. The third-order valence-corrected chi connectivity index (χ3v) is 3.72. The predicted octanol–water partition coefficient (Wildman–Crippen LogP) is 3.43. The molecule has 0 bridgehead atoms. The van der Waals surface area contributed by atoms with E-state index in [9.17, 15) is 4.79 Å². The molecule has 0 aliphatic heterocycles. The quantitative estimate of drug-likeness (QED) is 0.503. The van der Waals surface area contributed by atoms with Crippen LogP contribution < -0.4 is 0 Å². The van der Waals surface area contributed by atoms with Crippen molar-refractivity contribution in [2.45, 2.75) is 38.9 Å². The van der Waals surface area contributed by atoms with Gasteiger partial charge in [-0.2, -0.15) is 0 Å². The highest BCUT2D eigenvalue weighted by Gasteiger charge is 2.16. The second-order valence-corrected chi connectivity index (χ2v) is 10.4. The van der Waals surface area contributed by atoms with E-state index in [1.807, 2.05) is 12.1 Å². The maximum atomic E-state index is 11.8. The van der Waals surface area contributed by atoms with E-state index in [1.165, 1.54) is 5.56 Å². The monoisotopic (exact) mass is 242 g/mol. The van der Waals surface area contributed by atoms with Gasteiger partial charge in [0.15, 0.2) is 5.78 Å². The fraction of sp³-hybridized carbons (Fsp3) is 0.400. The molecule has 1 nitrogen and oxygen atoms in total. The fourth-order valence-corrected chi connectivity index (χ4v) is 2.48. The molecule has 1 aromatic carbocycles. The van der Waals surface area contributed by atoms with Crippen LogP contribution in [-0.4, -0.2) is 13.9 Å². The molecule has 17 heavy (non-hydrogen) atoms. The molecule has 1 aliphatic carbocycles. The zero-order valence-corrected chi connectivity index (χ0v) is 11.8. The summed E-state index contributed by atoms with van der Waals surface area (Å²) >= 11 is 0. The Balaban J connectivity index is 2.35. The van der Waals surface area contributed by atoms with Gasteiger partial charge in [0.25, 0.3) is 0 Å². The second kappa shape index (κ2) is 4.50. The van der Waals surface area contributed by atoms with Gasteiger partial charge in [-0.15, -0.1) is 5.54 Å². The molecule has 0 unspecified atom stereocenters. The van der Waals surface area contributed by atoms with E-state index in [0.29, 0.717) is 6.42 Å². The number of aryl methyl sites for hydroxylation is 1. The first-order valence-electron chi connectivity index (χ1n) is 6.15. The maximum absolute atomic E-state index is 11.8. The molecule has 1 aliphatic rings. The van der Waals surface area contributed by atoms with Crippen LogP contribution in [0, 0.1) is 11.5 Å². The van der Waals surface area contributed by atoms with Crippen LogP contribution in [0.2, 0.25) is 19.6 Å². The Morgan fingerprint density at radius 3 is 2.65 bits per heavy atom. The highest BCUT2D eigenvalue weighted by molar-refractivity contribution is 6.83. The first kappa shape index (κ1) is 12.1. The van der Waals surface area contributed by atoms with Crippen LogP contribution >= 0.6 is 0 Å². The average Bonchev–Trinajstić information content (AvgIpc) is 2.26. The van der Waals surface area contributed by atoms with Gasteiger partial charge in [-0.25, -0.2) is 0 Å². The minimum absolute atomic E-state index is 0.280. The van der Waals surface area contributed by atoms with Gasteiger partial charge >= 0.3 is 0 Å². The summed E-state index contributed by atoms with van der Waals surface area (Å²) in [5.41, 5.74) is 6.42. The van der Waals surface area contributed by atoms with Crippen molar-refractivity contribution in [1.82, 2.24) is 0 Å². The Hall–Kier alpha value is -1.33. The number of hydrogen-bond donors (Lipinski definition) is 0. The standard InChI is InChI=1S/C15H18OSi/c1-17(2,3)10-9-12-7-8-13-5-4-6-15(16)14(13)11-12/h7-8,11H,4-6H2,1-3H3. The molecule has 0 saturated heterocycles. The summed E-state index contributed by atoms with van der Waals surface area (Å²) < 4.78 is 0. The van der Waals surface area contributed by atoms with E-state index in [4.69, 9.17) is 0 Å². The summed E-state index contributed by atoms with van der Waals surface area (Å²) in [4.78, 5) is 11.8. The van der Waals surface area contributed by atoms with Crippen LogP contribution in [0.4, 0.5) is 0 Å². The lowest BCUT2D eigenvalue weighted by Gasteiger charge is -2.14. The molecule has 88 valence electrons. The van der Waals surface area contributed by atoms with Crippen LogP contribution in [0.3, 0.4) is 0 Å². The van der Waals surface area contributed by atoms with Crippen LogP contribution in [-0.2, 0) is 6.42 Å². The molecule has 0 atom stereocenters. The molecule has 0 spiro atoms. The minimum atomic E-state index is -1.34. The summed E-state index contributed by atoms with van der Waals surface area (Å²) in [6, 6.07) is 6.09. The van der Waals surface area contributed by atoms with E-state index in [-0.39, 0.29) is 5.78 Å². The van der Waals surface area contributed by atoms with E-state index in [1.54, 1.807) is 0 Å². The molecule has 0 aromatic heterocycles. The van der Waals surface area contributed by atoms with Gasteiger partial charge in [-0.3, -0.25) is 4.79 Å². The Bertz CT molecular complexity index is 512. The highest BCUT2D eigenvalue weighted by Crippen LogP contribution is 2.22. The third-order valence-electron chi connectivity index (χ3n) is 2.84. The average molecular weight is 242 g/mol. The van der Waals surface area contributed by atoms with Gasteiger partial charge < -0.3 is 0 Å². The number of ketones is 1. The van der Waals surface area contributed by atoms with Crippen molar-refractivity contribution >= 4 is 13.9 Å². The van der Waals surface area contributed by atoms with Crippen molar-refractivity contribution in [1.29, 1.82) is 0 Å². The molecule has 0 saturated carbocycles. The normalized spacial score (nSPS) is 14.9. The number of benzene rings is 1. The number of carbonyl (C=O) groups is 1. The Kier molecular flexibility index (Phi) is 3.21. The SMILES string of the molecule is C[Si](C)(C)C#Cc1ccc2c(c1)C(=O)CCC2. The molecule has 0 amide bonds. The topological polar surface area (TPSA) is 17.1 Å². The molecule has 0 fully saturated rings. The Morgan fingerprint density at radius 1 is 1.18 bits per heavy atom. The highest BCUT2D eigenvalue weighted by atomic mass is 28.3. The van der Waals surface area contributed by atoms with Crippen molar-refractivity contribution in [3.8, 4) is 11.5 Å². The zero-order chi connectivity index (χ0) is 12.5. The molecular weight excluding hydrogens is 224 g/mol. The predicted molar refractivity (Wildman–Crippen MR) is 73.9 cm³/mol. The Labute approximate surface area is 104 Å². The van der Waals surface area contributed by atoms with Gasteiger partial charge in [0.2, 0.25) is 0 Å². The summed E-state index contributed by atoms with van der Waals surface area (Å²) in [6.07, 6.45) is 2.71. The zero-order valence-electron chi connectivity index (χ0n) is 10.8. The number of rotatable bonds is 0. The van der Waals surface area contributed by atoms with Gasteiger partial charge in [-0.1, -0.05) is 31.6 Å². The van der Waals surface area contributed by atoms with Crippen molar-refractivity contribution < 1.29 is 4.79 Å². The first-order valence-corrected chi connectivity index (χ1v) is 9.65. The summed E-state index contributed by atoms with van der Waals surface area (Å²) in [7, 11) is -1.34. The summed E-state index contributed by atoms with van der Waals surface area (Å²) in [5, 5.41) is 0. The number of Topliss-reactive ketones (excluding diaryl/α,β-unsaturated/α-hetero) is 1. The van der Waals surface area contributed by atoms with E-state index in [2.05, 4.69) is 37.2 Å². The largest absolute Gasteiger partial charge is 0.294 e. The molecule has 0 heterocycles. The first-order chi connectivity index (χ1) is 7.96. The molecule has 2 heteroatoms. The number of carbonyl (C=O) groups excluding carboxylic acids is 1. The van der Waals surface area contributed by atoms with Gasteiger partial charge in [-0.05, 0) is 30.5 Å². The van der Waals surface area contributed by atoms with Crippen molar-refractivity contribution in [3.05, 3.63) is 34.9 Å². The Morgan fingerprint density at radius 2 is 1.94 bits per heavy atom. The lowest BCUT2D eigenvalue weighted by molar-refractivity contribution is 0.0972. The summed E-state index contributed by atoms with van der Waals surface area (Å²) in [6.45, 7) is 6.68. The third kappa shape index (κ3) is 3.07.